The van der Waals surface area contributed by atoms with Crippen LogP contribution in [0.3, 0.4) is 0 Å². The van der Waals surface area contributed by atoms with Crippen LogP contribution in [0.2, 0.25) is 0 Å². The van der Waals surface area contributed by atoms with Crippen LogP contribution in [-0.2, 0) is 11.2 Å². The van der Waals surface area contributed by atoms with Crippen molar-refractivity contribution in [3.05, 3.63) is 35.9 Å². The first-order chi connectivity index (χ1) is 12.2. The van der Waals surface area contributed by atoms with Gasteiger partial charge in [-0.1, -0.05) is 49.6 Å². The molecular formula is C21H35Cl2N3O. The van der Waals surface area contributed by atoms with Crippen molar-refractivity contribution < 1.29 is 4.79 Å². The predicted molar refractivity (Wildman–Crippen MR) is 117 cm³/mol. The van der Waals surface area contributed by atoms with E-state index < -0.39 is 6.04 Å². The van der Waals surface area contributed by atoms with Crippen LogP contribution in [0.5, 0.6) is 0 Å². The first-order valence-electron chi connectivity index (χ1n) is 10.0. The van der Waals surface area contributed by atoms with E-state index in [1.807, 2.05) is 35.2 Å². The smallest absolute Gasteiger partial charge is 0.239 e. The van der Waals surface area contributed by atoms with E-state index >= 15 is 0 Å². The zero-order valence-electron chi connectivity index (χ0n) is 16.2. The maximum atomic E-state index is 12.7. The van der Waals surface area contributed by atoms with E-state index in [-0.39, 0.29) is 30.7 Å². The van der Waals surface area contributed by atoms with Crippen LogP contribution in [-0.4, -0.2) is 54.5 Å². The SMILES string of the molecule is Cl.Cl.NC(Cc1ccccc1)C(=O)N1CCCN(CC2CCCCC2)CC1. The van der Waals surface area contributed by atoms with E-state index in [4.69, 9.17) is 5.73 Å². The van der Waals surface area contributed by atoms with Crippen molar-refractivity contribution in [3.8, 4) is 0 Å². The first-order valence-corrected chi connectivity index (χ1v) is 10.0. The van der Waals surface area contributed by atoms with Gasteiger partial charge in [-0.2, -0.15) is 0 Å². The fraction of sp³-hybridized carbons (Fsp3) is 0.667. The summed E-state index contributed by atoms with van der Waals surface area (Å²) in [5.41, 5.74) is 7.35. The summed E-state index contributed by atoms with van der Waals surface area (Å²) in [7, 11) is 0. The second kappa shape index (κ2) is 12.6. The molecule has 1 heterocycles. The fourth-order valence-corrected chi connectivity index (χ4v) is 4.30. The van der Waals surface area contributed by atoms with Gasteiger partial charge < -0.3 is 15.5 Å². The van der Waals surface area contributed by atoms with Crippen LogP contribution >= 0.6 is 24.8 Å². The maximum absolute atomic E-state index is 12.7. The Morgan fingerprint density at radius 1 is 0.963 bits per heavy atom. The maximum Gasteiger partial charge on any atom is 0.239 e. The Morgan fingerprint density at radius 3 is 2.37 bits per heavy atom. The van der Waals surface area contributed by atoms with Gasteiger partial charge in [-0.15, -0.1) is 24.8 Å². The van der Waals surface area contributed by atoms with E-state index in [0.717, 1.165) is 44.1 Å². The summed E-state index contributed by atoms with van der Waals surface area (Å²) in [6, 6.07) is 9.66. The molecule has 1 aliphatic heterocycles. The number of amides is 1. The van der Waals surface area contributed by atoms with Crippen LogP contribution < -0.4 is 5.73 Å². The van der Waals surface area contributed by atoms with Crippen LogP contribution in [0, 0.1) is 5.92 Å². The van der Waals surface area contributed by atoms with E-state index in [1.54, 1.807) is 0 Å². The number of nitrogens with two attached hydrogens (primary N) is 1. The van der Waals surface area contributed by atoms with Gasteiger partial charge in [-0.05, 0) is 43.7 Å². The summed E-state index contributed by atoms with van der Waals surface area (Å²) in [5.74, 6) is 0.986. The van der Waals surface area contributed by atoms with E-state index in [9.17, 15) is 4.79 Å². The van der Waals surface area contributed by atoms with E-state index in [1.165, 1.54) is 38.6 Å². The number of carbonyl (C=O) groups is 1. The topological polar surface area (TPSA) is 49.6 Å². The van der Waals surface area contributed by atoms with Gasteiger partial charge in [-0.3, -0.25) is 4.79 Å². The standard InChI is InChI=1S/C21H33N3O.2ClH/c22-20(16-18-8-3-1-4-9-18)21(25)24-13-7-12-23(14-15-24)17-19-10-5-2-6-11-19;;/h1,3-4,8-9,19-20H,2,5-7,10-17,22H2;2*1H. The summed E-state index contributed by atoms with van der Waals surface area (Å²) in [4.78, 5) is 17.3. The molecule has 154 valence electrons. The molecule has 2 aliphatic rings. The van der Waals surface area contributed by atoms with Crippen molar-refractivity contribution in [2.45, 2.75) is 51.0 Å². The third-order valence-corrected chi connectivity index (χ3v) is 5.76. The highest BCUT2D eigenvalue weighted by Crippen LogP contribution is 2.24. The molecule has 2 fully saturated rings. The number of nitrogens with zero attached hydrogens (tertiary/aromatic N) is 2. The second-order valence-corrected chi connectivity index (χ2v) is 7.78. The molecule has 1 aromatic rings. The Hall–Kier alpha value is -0.810. The summed E-state index contributed by atoms with van der Waals surface area (Å²) < 4.78 is 0. The molecule has 0 spiro atoms. The van der Waals surface area contributed by atoms with Gasteiger partial charge in [0, 0.05) is 26.2 Å². The largest absolute Gasteiger partial charge is 0.340 e. The number of rotatable bonds is 5. The lowest BCUT2D eigenvalue weighted by atomic mass is 9.89. The molecule has 0 bridgehead atoms. The summed E-state index contributed by atoms with van der Waals surface area (Å²) in [6.07, 6.45) is 8.69. The lowest BCUT2D eigenvalue weighted by molar-refractivity contribution is -0.132. The highest BCUT2D eigenvalue weighted by molar-refractivity contribution is 5.85. The van der Waals surface area contributed by atoms with Gasteiger partial charge in [0.15, 0.2) is 0 Å². The zero-order chi connectivity index (χ0) is 17.5. The quantitative estimate of drug-likeness (QED) is 0.799. The minimum absolute atomic E-state index is 0. The number of benzene rings is 1. The van der Waals surface area contributed by atoms with Gasteiger partial charge in [0.05, 0.1) is 6.04 Å². The first kappa shape index (κ1) is 24.2. The Morgan fingerprint density at radius 2 is 1.67 bits per heavy atom. The average molecular weight is 416 g/mol. The molecular weight excluding hydrogens is 381 g/mol. The van der Waals surface area contributed by atoms with Gasteiger partial charge in [-0.25, -0.2) is 0 Å². The Bertz CT molecular complexity index is 537. The van der Waals surface area contributed by atoms with Crippen molar-refractivity contribution >= 4 is 30.7 Å². The van der Waals surface area contributed by atoms with Crippen molar-refractivity contribution in [2.24, 2.45) is 11.7 Å². The van der Waals surface area contributed by atoms with Crippen molar-refractivity contribution in [1.29, 1.82) is 0 Å². The molecule has 27 heavy (non-hydrogen) atoms. The molecule has 1 aromatic carbocycles. The predicted octanol–water partition coefficient (Wildman–Crippen LogP) is 3.51. The van der Waals surface area contributed by atoms with Gasteiger partial charge in [0.2, 0.25) is 5.91 Å². The zero-order valence-corrected chi connectivity index (χ0v) is 17.9. The summed E-state index contributed by atoms with van der Waals surface area (Å²) >= 11 is 0. The number of hydrogen-bond donors (Lipinski definition) is 1. The van der Waals surface area contributed by atoms with Gasteiger partial charge >= 0.3 is 0 Å². The van der Waals surface area contributed by atoms with E-state index in [0.29, 0.717) is 6.42 Å². The minimum atomic E-state index is -0.424. The number of carbonyl (C=O) groups excluding carboxylic acids is 1. The lowest BCUT2D eigenvalue weighted by Crippen LogP contribution is -2.46. The van der Waals surface area contributed by atoms with Crippen molar-refractivity contribution in [1.82, 2.24) is 9.80 Å². The van der Waals surface area contributed by atoms with Crippen LogP contribution in [0.4, 0.5) is 0 Å². The Kier molecular flexibility index (Phi) is 11.3. The highest BCUT2D eigenvalue weighted by Gasteiger charge is 2.25. The third-order valence-electron chi connectivity index (χ3n) is 5.76. The van der Waals surface area contributed by atoms with Crippen LogP contribution in [0.15, 0.2) is 30.3 Å². The molecule has 1 amide bonds. The molecule has 1 saturated carbocycles. The van der Waals surface area contributed by atoms with Gasteiger partial charge in [0.1, 0.15) is 0 Å². The monoisotopic (exact) mass is 415 g/mol. The Balaban J connectivity index is 0.00000182. The second-order valence-electron chi connectivity index (χ2n) is 7.78. The van der Waals surface area contributed by atoms with E-state index in [2.05, 4.69) is 4.90 Å². The minimum Gasteiger partial charge on any atom is -0.340 e. The molecule has 0 aromatic heterocycles. The molecule has 6 heteroatoms. The number of halogens is 2. The van der Waals surface area contributed by atoms with Crippen LogP contribution in [0.25, 0.3) is 0 Å². The lowest BCUT2D eigenvalue weighted by Gasteiger charge is -2.29. The summed E-state index contributed by atoms with van der Waals surface area (Å²) in [5, 5.41) is 0. The molecule has 1 saturated heterocycles. The molecule has 2 N–H and O–H groups in total. The molecule has 4 nitrogen and oxygen atoms in total. The average Bonchev–Trinajstić information content (AvgIpc) is 2.88. The molecule has 0 radical (unpaired) electrons. The highest BCUT2D eigenvalue weighted by atomic mass is 35.5. The molecule has 1 unspecified atom stereocenters. The normalized spacial score (nSPS) is 20.1. The number of hydrogen-bond acceptors (Lipinski definition) is 3. The molecule has 1 aliphatic carbocycles. The van der Waals surface area contributed by atoms with Crippen LogP contribution in [0.1, 0.15) is 44.1 Å². The van der Waals surface area contributed by atoms with Gasteiger partial charge in [0.25, 0.3) is 0 Å². The molecule has 1 atom stereocenters. The Labute approximate surface area is 176 Å². The van der Waals surface area contributed by atoms with Crippen molar-refractivity contribution in [2.75, 3.05) is 32.7 Å². The third kappa shape index (κ3) is 7.61. The molecule has 3 rings (SSSR count). The summed E-state index contributed by atoms with van der Waals surface area (Å²) in [6.45, 7) is 5.02. The fourth-order valence-electron chi connectivity index (χ4n) is 4.30. The van der Waals surface area contributed by atoms with Crippen molar-refractivity contribution in [3.63, 3.8) is 0 Å².